The van der Waals surface area contributed by atoms with Crippen molar-refractivity contribution in [1.29, 1.82) is 0 Å². The van der Waals surface area contributed by atoms with Crippen LogP contribution in [0.2, 0.25) is 0 Å². The lowest BCUT2D eigenvalue weighted by molar-refractivity contribution is -0.319. The molecule has 5 rings (SSSR count). The van der Waals surface area contributed by atoms with Gasteiger partial charge in [-0.3, -0.25) is 4.90 Å². The van der Waals surface area contributed by atoms with Crippen LogP contribution in [0.1, 0.15) is 50.2 Å². The van der Waals surface area contributed by atoms with Crippen molar-refractivity contribution in [2.24, 2.45) is 0 Å². The molecule has 2 aliphatic heterocycles. The molecule has 2 bridgehead atoms. The monoisotopic (exact) mass is 433 g/mol. The zero-order valence-electron chi connectivity index (χ0n) is 18.9. The Morgan fingerprint density at radius 1 is 1.19 bits per heavy atom. The molecule has 7 nitrogen and oxygen atoms in total. The van der Waals surface area contributed by atoms with E-state index in [-0.39, 0.29) is 12.6 Å². The molecule has 172 valence electrons. The highest BCUT2D eigenvalue weighted by molar-refractivity contribution is 5.63. The molecule has 1 saturated heterocycles. The van der Waals surface area contributed by atoms with Crippen molar-refractivity contribution in [2.75, 3.05) is 40.5 Å². The quantitative estimate of drug-likeness (QED) is 0.479. The van der Waals surface area contributed by atoms with Crippen LogP contribution in [0, 0.1) is 0 Å². The van der Waals surface area contributed by atoms with Crippen molar-refractivity contribution in [1.82, 2.24) is 4.90 Å². The lowest BCUT2D eigenvalue weighted by Gasteiger charge is -2.65. The molecule has 2 aliphatic carbocycles. The molecular weight excluding hydrogens is 398 g/mol. The van der Waals surface area contributed by atoms with Gasteiger partial charge in [0.1, 0.15) is 0 Å². The summed E-state index contributed by atoms with van der Waals surface area (Å²) in [5.41, 5.74) is 0.681. The normalized spacial score (nSPS) is 34.9. The standard InChI is InChI=1S/C24H35NO6/c1-4-5-14-30-17-7-6-16-15-18-23(27)8-9-24(28-2,29-3)21-22(23,19(16)20(17)31-21)10-11-25(18)12-13-26/h6-7,18,21,26-27H,4-5,8-15H2,1-3H3/t18-,21-,22+,23-/m1/s1. The number of methoxy groups -OCH3 is 2. The first-order valence-electron chi connectivity index (χ1n) is 11.6. The number of nitrogens with zero attached hydrogens (tertiary/aromatic N) is 1. The number of ether oxygens (including phenoxy) is 4. The summed E-state index contributed by atoms with van der Waals surface area (Å²) in [4.78, 5) is 2.25. The number of β-amino-alcohol motifs (C(OH)–C–C–N with tert-alkyl or cyclic N) is 1. The number of piperidine rings is 1. The van der Waals surface area contributed by atoms with E-state index in [0.717, 1.165) is 49.3 Å². The highest BCUT2D eigenvalue weighted by Gasteiger charge is 2.76. The fourth-order valence-electron chi connectivity index (χ4n) is 6.92. The third kappa shape index (κ3) is 2.64. The Balaban J connectivity index is 1.69. The Labute approximate surface area is 184 Å². The number of benzene rings is 1. The van der Waals surface area contributed by atoms with Gasteiger partial charge in [0, 0.05) is 38.8 Å². The Kier molecular flexibility index (Phi) is 5.26. The molecule has 31 heavy (non-hydrogen) atoms. The van der Waals surface area contributed by atoms with Gasteiger partial charge in [-0.15, -0.1) is 0 Å². The van der Waals surface area contributed by atoms with Gasteiger partial charge in [-0.2, -0.15) is 0 Å². The van der Waals surface area contributed by atoms with E-state index in [9.17, 15) is 10.2 Å². The van der Waals surface area contributed by atoms with Crippen LogP contribution >= 0.6 is 0 Å². The minimum absolute atomic E-state index is 0.0727. The maximum absolute atomic E-state index is 12.4. The molecule has 0 aromatic heterocycles. The highest BCUT2D eigenvalue weighted by Crippen LogP contribution is 2.67. The van der Waals surface area contributed by atoms with E-state index in [4.69, 9.17) is 18.9 Å². The first-order chi connectivity index (χ1) is 15.0. The van der Waals surface area contributed by atoms with Gasteiger partial charge in [-0.05, 0) is 43.9 Å². The van der Waals surface area contributed by atoms with Gasteiger partial charge in [0.2, 0.25) is 5.79 Å². The predicted molar refractivity (Wildman–Crippen MR) is 115 cm³/mol. The van der Waals surface area contributed by atoms with Crippen molar-refractivity contribution in [2.45, 2.75) is 74.4 Å². The Morgan fingerprint density at radius 3 is 2.71 bits per heavy atom. The van der Waals surface area contributed by atoms with Gasteiger partial charge in [-0.1, -0.05) is 19.4 Å². The second-order valence-corrected chi connectivity index (χ2v) is 9.47. The van der Waals surface area contributed by atoms with E-state index >= 15 is 0 Å². The molecule has 0 radical (unpaired) electrons. The Morgan fingerprint density at radius 2 is 2.00 bits per heavy atom. The topological polar surface area (TPSA) is 80.6 Å². The third-order valence-corrected chi connectivity index (χ3v) is 8.40. The summed E-state index contributed by atoms with van der Waals surface area (Å²) in [6.07, 6.45) is 4.14. The van der Waals surface area contributed by atoms with Crippen molar-refractivity contribution >= 4 is 0 Å². The van der Waals surface area contributed by atoms with Crippen LogP contribution in [0.15, 0.2) is 12.1 Å². The van der Waals surface area contributed by atoms with Gasteiger partial charge in [0.15, 0.2) is 17.6 Å². The minimum Gasteiger partial charge on any atom is -0.490 e. The molecule has 0 unspecified atom stereocenters. The molecule has 2 fully saturated rings. The summed E-state index contributed by atoms with van der Waals surface area (Å²) < 4.78 is 24.8. The zero-order chi connectivity index (χ0) is 21.9. The summed E-state index contributed by atoms with van der Waals surface area (Å²) >= 11 is 0. The van der Waals surface area contributed by atoms with Crippen LogP contribution in [0.5, 0.6) is 11.5 Å². The van der Waals surface area contributed by atoms with E-state index < -0.39 is 22.9 Å². The molecule has 0 amide bonds. The van der Waals surface area contributed by atoms with Gasteiger partial charge >= 0.3 is 0 Å². The summed E-state index contributed by atoms with van der Waals surface area (Å²) in [6, 6.07) is 4.07. The average Bonchev–Trinajstić information content (AvgIpc) is 3.13. The predicted octanol–water partition coefficient (Wildman–Crippen LogP) is 2.00. The third-order valence-electron chi connectivity index (χ3n) is 8.40. The molecule has 2 heterocycles. The fraction of sp³-hybridized carbons (Fsp3) is 0.750. The van der Waals surface area contributed by atoms with Crippen LogP contribution in [-0.4, -0.2) is 79.2 Å². The van der Waals surface area contributed by atoms with Gasteiger partial charge < -0.3 is 29.2 Å². The molecule has 1 aromatic carbocycles. The van der Waals surface area contributed by atoms with Crippen LogP contribution in [0.4, 0.5) is 0 Å². The summed E-state index contributed by atoms with van der Waals surface area (Å²) in [7, 11) is 3.33. The summed E-state index contributed by atoms with van der Waals surface area (Å²) in [6.45, 7) is 4.22. The van der Waals surface area contributed by atoms with Crippen molar-refractivity contribution < 1.29 is 29.2 Å². The number of unbranched alkanes of at least 4 members (excludes halogenated alkanes) is 1. The van der Waals surface area contributed by atoms with Crippen molar-refractivity contribution in [3.8, 4) is 11.5 Å². The van der Waals surface area contributed by atoms with Crippen LogP contribution in [0.3, 0.4) is 0 Å². The maximum atomic E-state index is 12.4. The Bertz CT molecular complexity index is 842. The second-order valence-electron chi connectivity index (χ2n) is 9.47. The first kappa shape index (κ1) is 21.5. The molecule has 7 heteroatoms. The number of rotatable bonds is 8. The number of hydrogen-bond donors (Lipinski definition) is 2. The number of aliphatic hydroxyl groups excluding tert-OH is 1. The number of hydrogen-bond acceptors (Lipinski definition) is 7. The zero-order valence-corrected chi connectivity index (χ0v) is 18.9. The van der Waals surface area contributed by atoms with Gasteiger partial charge in [0.25, 0.3) is 0 Å². The van der Waals surface area contributed by atoms with Gasteiger partial charge in [-0.25, -0.2) is 0 Å². The van der Waals surface area contributed by atoms with E-state index in [2.05, 4.69) is 17.9 Å². The molecule has 4 aliphatic rings. The molecule has 4 atom stereocenters. The first-order valence-corrected chi connectivity index (χ1v) is 11.6. The Hall–Kier alpha value is -1.38. The molecule has 1 aromatic rings. The average molecular weight is 434 g/mol. The maximum Gasteiger partial charge on any atom is 0.206 e. The van der Waals surface area contributed by atoms with Crippen LogP contribution in [-0.2, 0) is 21.3 Å². The summed E-state index contributed by atoms with van der Waals surface area (Å²) in [5.74, 6) is 0.576. The lowest BCUT2D eigenvalue weighted by atomic mass is 9.48. The lowest BCUT2D eigenvalue weighted by Crippen LogP contribution is -2.79. The SMILES string of the molecule is CCCCOc1ccc2c3c1O[C@H]1C(OC)(OC)CC[C@@]4(O)[C@@H](C2)N(CCO)CC[C@]314. The highest BCUT2D eigenvalue weighted by atomic mass is 16.7. The van der Waals surface area contributed by atoms with E-state index in [1.165, 1.54) is 5.56 Å². The second kappa shape index (κ2) is 7.59. The fourth-order valence-corrected chi connectivity index (χ4v) is 6.92. The number of aliphatic hydroxyl groups is 2. The van der Waals surface area contributed by atoms with E-state index in [1.807, 2.05) is 6.07 Å². The molecule has 2 N–H and O–H groups in total. The van der Waals surface area contributed by atoms with E-state index in [0.29, 0.717) is 26.0 Å². The van der Waals surface area contributed by atoms with Crippen LogP contribution < -0.4 is 9.47 Å². The number of likely N-dealkylation sites (tertiary alicyclic amines) is 1. The largest absolute Gasteiger partial charge is 0.490 e. The summed E-state index contributed by atoms with van der Waals surface area (Å²) in [5, 5.41) is 22.0. The van der Waals surface area contributed by atoms with Crippen molar-refractivity contribution in [3.63, 3.8) is 0 Å². The van der Waals surface area contributed by atoms with Crippen LogP contribution in [0.25, 0.3) is 0 Å². The smallest absolute Gasteiger partial charge is 0.206 e. The van der Waals surface area contributed by atoms with E-state index in [1.54, 1.807) is 14.2 Å². The minimum atomic E-state index is -0.980. The van der Waals surface area contributed by atoms with Crippen molar-refractivity contribution in [3.05, 3.63) is 23.3 Å². The van der Waals surface area contributed by atoms with Gasteiger partial charge in [0.05, 0.1) is 24.2 Å². The molecule has 1 saturated carbocycles. The molecular formula is C24H35NO6. The molecule has 1 spiro atoms.